The van der Waals surface area contributed by atoms with Crippen molar-refractivity contribution in [3.05, 3.63) is 40.7 Å². The zero-order valence-electron chi connectivity index (χ0n) is 18.1. The van der Waals surface area contributed by atoms with E-state index < -0.39 is 36.4 Å². The Kier molecular flexibility index (Phi) is 7.68. The largest absolute Gasteiger partial charge is 0.462 e. The van der Waals surface area contributed by atoms with Gasteiger partial charge in [-0.1, -0.05) is 13.8 Å². The quantitative estimate of drug-likeness (QED) is 0.519. The molecule has 1 fully saturated rings. The van der Waals surface area contributed by atoms with Crippen molar-refractivity contribution in [1.82, 2.24) is 5.32 Å². The molecule has 32 heavy (non-hydrogen) atoms. The molecule has 0 spiro atoms. The number of ether oxygens (including phenoxy) is 2. The van der Waals surface area contributed by atoms with Crippen LogP contribution >= 0.6 is 11.3 Å². The highest BCUT2D eigenvalue weighted by Crippen LogP contribution is 2.46. The second-order valence-corrected chi connectivity index (χ2v) is 8.60. The zero-order valence-corrected chi connectivity index (χ0v) is 19.0. The van der Waals surface area contributed by atoms with Gasteiger partial charge in [-0.2, -0.15) is 0 Å². The Balaban J connectivity index is 1.59. The molecule has 0 aromatic carbocycles. The lowest BCUT2D eigenvalue weighted by Crippen LogP contribution is -2.45. The van der Waals surface area contributed by atoms with Crippen molar-refractivity contribution in [2.24, 2.45) is 5.92 Å². The summed E-state index contributed by atoms with van der Waals surface area (Å²) in [5, 5.41) is 7.42. The summed E-state index contributed by atoms with van der Waals surface area (Å²) < 4.78 is 15.3. The van der Waals surface area contributed by atoms with Crippen molar-refractivity contribution < 1.29 is 33.1 Å². The van der Waals surface area contributed by atoms with E-state index in [0.717, 1.165) is 18.4 Å². The average molecular weight is 463 g/mol. The summed E-state index contributed by atoms with van der Waals surface area (Å²) in [6, 6.07) is 2.08. The van der Waals surface area contributed by atoms with E-state index in [1.807, 2.05) is 5.38 Å². The van der Waals surface area contributed by atoms with Crippen molar-refractivity contribution in [3.63, 3.8) is 0 Å². The molecular formula is C22H26N2O7S. The Morgan fingerprint density at radius 2 is 1.97 bits per heavy atom. The number of rotatable bonds is 10. The van der Waals surface area contributed by atoms with Crippen LogP contribution < -0.4 is 10.6 Å². The molecule has 0 aliphatic heterocycles. The maximum atomic E-state index is 12.5. The van der Waals surface area contributed by atoms with E-state index in [0.29, 0.717) is 16.5 Å². The molecule has 1 saturated carbocycles. The van der Waals surface area contributed by atoms with E-state index >= 15 is 0 Å². The van der Waals surface area contributed by atoms with Crippen LogP contribution in [0.25, 0.3) is 0 Å². The summed E-state index contributed by atoms with van der Waals surface area (Å²) in [5.74, 6) is -2.28. The van der Waals surface area contributed by atoms with Crippen LogP contribution in [0.2, 0.25) is 0 Å². The van der Waals surface area contributed by atoms with Crippen molar-refractivity contribution in [1.29, 1.82) is 0 Å². The third kappa shape index (κ3) is 5.76. The average Bonchev–Trinajstić information content (AvgIpc) is 3.27. The summed E-state index contributed by atoms with van der Waals surface area (Å²) in [6.45, 7) is 4.87. The topological polar surface area (TPSA) is 124 Å². The lowest BCUT2D eigenvalue weighted by molar-refractivity contribution is -0.150. The van der Waals surface area contributed by atoms with Gasteiger partial charge < -0.3 is 24.5 Å². The fraction of sp³-hybridized carbons (Fsp3) is 0.455. The predicted octanol–water partition coefficient (Wildman–Crippen LogP) is 3.33. The molecule has 0 radical (unpaired) electrons. The zero-order chi connectivity index (χ0) is 23.3. The molecule has 1 aliphatic rings. The van der Waals surface area contributed by atoms with E-state index in [1.165, 1.54) is 23.7 Å². The fourth-order valence-corrected chi connectivity index (χ4v) is 4.13. The van der Waals surface area contributed by atoms with Gasteiger partial charge in [-0.05, 0) is 54.7 Å². The Bertz CT molecular complexity index is 977. The Morgan fingerprint density at radius 3 is 2.56 bits per heavy atom. The van der Waals surface area contributed by atoms with Gasteiger partial charge in [0.2, 0.25) is 0 Å². The van der Waals surface area contributed by atoms with Crippen molar-refractivity contribution in [2.75, 3.05) is 18.5 Å². The van der Waals surface area contributed by atoms with Crippen molar-refractivity contribution in [2.45, 2.75) is 45.6 Å². The molecule has 0 bridgehead atoms. The van der Waals surface area contributed by atoms with Crippen LogP contribution in [0.1, 0.15) is 66.0 Å². The number of amides is 2. The minimum atomic E-state index is -0.960. The van der Waals surface area contributed by atoms with E-state index in [4.69, 9.17) is 13.9 Å². The molecule has 2 aromatic heterocycles. The normalized spacial score (nSPS) is 14.0. The lowest BCUT2D eigenvalue weighted by atomic mass is 10.0. The van der Waals surface area contributed by atoms with Crippen LogP contribution in [0, 0.1) is 5.92 Å². The highest BCUT2D eigenvalue weighted by Gasteiger charge is 2.33. The number of anilines is 1. The second kappa shape index (κ2) is 10.4. The van der Waals surface area contributed by atoms with Crippen molar-refractivity contribution >= 4 is 40.1 Å². The molecule has 0 unspecified atom stereocenters. The Morgan fingerprint density at radius 1 is 1.22 bits per heavy atom. The molecule has 2 heterocycles. The van der Waals surface area contributed by atoms with Gasteiger partial charge in [0.25, 0.3) is 11.8 Å². The molecule has 0 saturated heterocycles. The first-order chi connectivity index (χ1) is 15.3. The Hall–Kier alpha value is -3.14. The van der Waals surface area contributed by atoms with Crippen molar-refractivity contribution in [3.8, 4) is 0 Å². The number of furan rings is 1. The van der Waals surface area contributed by atoms with Crippen LogP contribution in [0.3, 0.4) is 0 Å². The van der Waals surface area contributed by atoms with Gasteiger partial charge in [-0.3, -0.25) is 9.59 Å². The molecule has 9 nitrogen and oxygen atoms in total. The van der Waals surface area contributed by atoms with Crippen LogP contribution in [-0.2, 0) is 19.1 Å². The number of hydrogen-bond acceptors (Lipinski definition) is 8. The summed E-state index contributed by atoms with van der Waals surface area (Å²) in [4.78, 5) is 49.5. The maximum Gasteiger partial charge on any atom is 0.341 e. The first-order valence-electron chi connectivity index (χ1n) is 10.4. The summed E-state index contributed by atoms with van der Waals surface area (Å²) in [5.41, 5.74) is 1.24. The molecule has 1 aliphatic carbocycles. The maximum absolute atomic E-state index is 12.5. The minimum Gasteiger partial charge on any atom is -0.462 e. The van der Waals surface area contributed by atoms with E-state index in [1.54, 1.807) is 26.8 Å². The van der Waals surface area contributed by atoms with Gasteiger partial charge in [0.05, 0.1) is 18.4 Å². The highest BCUT2D eigenvalue weighted by molar-refractivity contribution is 7.15. The molecule has 2 aromatic rings. The number of carbonyl (C=O) groups is 4. The van der Waals surface area contributed by atoms with Gasteiger partial charge in [-0.25, -0.2) is 9.59 Å². The van der Waals surface area contributed by atoms with Crippen LogP contribution in [0.5, 0.6) is 0 Å². The number of nitrogens with one attached hydrogen (secondary N) is 2. The van der Waals surface area contributed by atoms with E-state index in [9.17, 15) is 19.2 Å². The third-order valence-electron chi connectivity index (χ3n) is 4.87. The van der Waals surface area contributed by atoms with Gasteiger partial charge in [0, 0.05) is 0 Å². The summed E-state index contributed by atoms with van der Waals surface area (Å²) >= 11 is 1.24. The standard InChI is InChI=1S/C22H26N2O7S/c1-4-29-21(27)17-14(13-7-8-13)11-32-20(17)23-16(25)10-31-22(28)18(12(2)3)24-19(26)15-6-5-9-30-15/h5-6,9,11-13,18H,4,7-8,10H2,1-3H3,(H,23,25)(H,24,26)/t18-/m0/s1. The summed E-state index contributed by atoms with van der Waals surface area (Å²) in [6.07, 6.45) is 3.34. The molecule has 1 atom stereocenters. The van der Waals surface area contributed by atoms with Crippen LogP contribution in [0.15, 0.2) is 28.2 Å². The van der Waals surface area contributed by atoms with Gasteiger partial charge in [0.1, 0.15) is 11.0 Å². The number of carbonyl (C=O) groups excluding carboxylic acids is 4. The molecule has 2 amide bonds. The monoisotopic (exact) mass is 462 g/mol. The van der Waals surface area contributed by atoms with Gasteiger partial charge in [0.15, 0.2) is 12.4 Å². The van der Waals surface area contributed by atoms with Gasteiger partial charge in [-0.15, -0.1) is 11.3 Å². The smallest absolute Gasteiger partial charge is 0.341 e. The Labute approximate surface area is 189 Å². The molecule has 10 heteroatoms. The van der Waals surface area contributed by atoms with Crippen LogP contribution in [-0.4, -0.2) is 43.0 Å². The van der Waals surface area contributed by atoms with E-state index in [-0.39, 0.29) is 18.3 Å². The minimum absolute atomic E-state index is 0.0665. The lowest BCUT2D eigenvalue weighted by Gasteiger charge is -2.20. The highest BCUT2D eigenvalue weighted by atomic mass is 32.1. The molecule has 2 N–H and O–H groups in total. The molecule has 172 valence electrons. The molecule has 3 rings (SSSR count). The number of esters is 2. The predicted molar refractivity (Wildman–Crippen MR) is 117 cm³/mol. The number of thiophene rings is 1. The molecular weight excluding hydrogens is 436 g/mol. The first kappa shape index (κ1) is 23.5. The van der Waals surface area contributed by atoms with E-state index in [2.05, 4.69) is 10.6 Å². The van der Waals surface area contributed by atoms with Crippen LogP contribution in [0.4, 0.5) is 5.00 Å². The summed E-state index contributed by atoms with van der Waals surface area (Å²) in [7, 11) is 0. The third-order valence-corrected chi connectivity index (χ3v) is 5.78. The second-order valence-electron chi connectivity index (χ2n) is 7.72. The fourth-order valence-electron chi connectivity index (χ4n) is 3.08. The number of hydrogen-bond donors (Lipinski definition) is 2. The first-order valence-corrected chi connectivity index (χ1v) is 11.3. The SMILES string of the molecule is CCOC(=O)c1c(C2CC2)csc1NC(=O)COC(=O)[C@@H](NC(=O)c1ccco1)C(C)C. The van der Waals surface area contributed by atoms with Gasteiger partial charge >= 0.3 is 11.9 Å².